The fourth-order valence-electron chi connectivity index (χ4n) is 2.38. The van der Waals surface area contributed by atoms with E-state index in [1.807, 2.05) is 6.07 Å². The van der Waals surface area contributed by atoms with Gasteiger partial charge in [0.2, 0.25) is 0 Å². The standard InChI is InChI=1S/C20H17N3O5/c21-13-6-14-22(17-8-2-1-3-9-17)19(24)15-28-20(25)12-11-16-7-4-5-10-18(16)23(26)27/h1-5,7-12H,6,14-15H2/b12-11+. The van der Waals surface area contributed by atoms with Crippen LogP contribution >= 0.6 is 0 Å². The largest absolute Gasteiger partial charge is 0.452 e. The number of carbonyl (C=O) groups excluding carboxylic acids is 2. The highest BCUT2D eigenvalue weighted by molar-refractivity contribution is 5.96. The van der Waals surface area contributed by atoms with Crippen LogP contribution in [0.3, 0.4) is 0 Å². The lowest BCUT2D eigenvalue weighted by atomic mass is 10.1. The number of nitro benzene ring substituents is 1. The molecule has 0 atom stereocenters. The molecule has 0 fully saturated rings. The molecule has 0 saturated heterocycles. The van der Waals surface area contributed by atoms with E-state index in [0.29, 0.717) is 5.69 Å². The molecule has 0 aliphatic carbocycles. The van der Waals surface area contributed by atoms with Crippen molar-refractivity contribution in [1.29, 1.82) is 5.26 Å². The second-order valence-corrected chi connectivity index (χ2v) is 5.55. The van der Waals surface area contributed by atoms with E-state index in [9.17, 15) is 19.7 Å². The molecule has 8 nitrogen and oxygen atoms in total. The van der Waals surface area contributed by atoms with E-state index in [2.05, 4.69) is 0 Å². The average Bonchev–Trinajstić information content (AvgIpc) is 2.72. The van der Waals surface area contributed by atoms with Gasteiger partial charge in [-0.2, -0.15) is 5.26 Å². The summed E-state index contributed by atoms with van der Waals surface area (Å²) in [5.74, 6) is -1.28. The van der Waals surface area contributed by atoms with Crippen molar-refractivity contribution < 1.29 is 19.2 Å². The smallest absolute Gasteiger partial charge is 0.331 e. The minimum absolute atomic E-state index is 0.131. The second kappa shape index (κ2) is 10.2. The molecule has 1 amide bonds. The third-order valence-corrected chi connectivity index (χ3v) is 3.69. The first kappa shape index (κ1) is 20.3. The number of anilines is 1. The number of esters is 1. The lowest BCUT2D eigenvalue weighted by Crippen LogP contribution is -2.35. The number of hydrogen-bond donors (Lipinski definition) is 0. The van der Waals surface area contributed by atoms with Crippen LogP contribution in [0.15, 0.2) is 60.7 Å². The predicted molar refractivity (Wildman–Crippen MR) is 102 cm³/mol. The van der Waals surface area contributed by atoms with E-state index < -0.39 is 23.4 Å². The average molecular weight is 379 g/mol. The first-order valence-electron chi connectivity index (χ1n) is 8.33. The maximum atomic E-state index is 12.4. The number of rotatable bonds is 8. The zero-order valence-electron chi connectivity index (χ0n) is 14.9. The molecule has 2 aromatic carbocycles. The van der Waals surface area contributed by atoms with Crippen molar-refractivity contribution in [2.45, 2.75) is 6.42 Å². The quantitative estimate of drug-likeness (QED) is 0.301. The molecule has 0 aromatic heterocycles. The Morgan fingerprint density at radius 2 is 1.82 bits per heavy atom. The summed E-state index contributed by atoms with van der Waals surface area (Å²) in [5.41, 5.74) is 0.694. The van der Waals surface area contributed by atoms with Gasteiger partial charge < -0.3 is 9.64 Å². The van der Waals surface area contributed by atoms with Gasteiger partial charge in [-0.25, -0.2) is 4.79 Å². The topological polar surface area (TPSA) is 114 Å². The van der Waals surface area contributed by atoms with E-state index in [1.54, 1.807) is 36.4 Å². The summed E-state index contributed by atoms with van der Waals surface area (Å²) < 4.78 is 4.94. The second-order valence-electron chi connectivity index (χ2n) is 5.55. The fraction of sp³-hybridized carbons (Fsp3) is 0.150. The Morgan fingerprint density at radius 3 is 2.50 bits per heavy atom. The van der Waals surface area contributed by atoms with Crippen LogP contribution in [0.1, 0.15) is 12.0 Å². The van der Waals surface area contributed by atoms with Gasteiger partial charge in [-0.1, -0.05) is 30.3 Å². The van der Waals surface area contributed by atoms with E-state index in [0.717, 1.165) is 6.08 Å². The van der Waals surface area contributed by atoms with Crippen molar-refractivity contribution in [3.05, 3.63) is 76.4 Å². The van der Waals surface area contributed by atoms with Gasteiger partial charge in [0.15, 0.2) is 6.61 Å². The summed E-state index contributed by atoms with van der Waals surface area (Å²) in [6, 6.07) is 16.6. The molecule has 28 heavy (non-hydrogen) atoms. The molecule has 8 heteroatoms. The Morgan fingerprint density at radius 1 is 1.14 bits per heavy atom. The van der Waals surface area contributed by atoms with Gasteiger partial charge in [0.05, 0.1) is 23.0 Å². The fourth-order valence-corrected chi connectivity index (χ4v) is 2.38. The maximum absolute atomic E-state index is 12.4. The van der Waals surface area contributed by atoms with Crippen molar-refractivity contribution in [1.82, 2.24) is 0 Å². The molecule has 0 saturated carbocycles. The van der Waals surface area contributed by atoms with Crippen LogP contribution in [0.25, 0.3) is 6.08 Å². The maximum Gasteiger partial charge on any atom is 0.331 e. The van der Waals surface area contributed by atoms with Crippen LogP contribution in [0.5, 0.6) is 0 Å². The molecular weight excluding hydrogens is 362 g/mol. The minimum atomic E-state index is -0.806. The number of hydrogen-bond acceptors (Lipinski definition) is 6. The Balaban J connectivity index is 2.00. The Hall–Kier alpha value is -3.99. The molecule has 0 spiro atoms. The number of nitro groups is 1. The minimum Gasteiger partial charge on any atom is -0.452 e. The monoisotopic (exact) mass is 379 g/mol. The number of benzene rings is 2. The van der Waals surface area contributed by atoms with Gasteiger partial charge >= 0.3 is 5.97 Å². The summed E-state index contributed by atoms with van der Waals surface area (Å²) >= 11 is 0. The van der Waals surface area contributed by atoms with Crippen molar-refractivity contribution >= 4 is 29.3 Å². The number of amides is 1. The van der Waals surface area contributed by atoms with Crippen molar-refractivity contribution in [3.8, 4) is 6.07 Å². The lowest BCUT2D eigenvalue weighted by molar-refractivity contribution is -0.385. The third-order valence-electron chi connectivity index (χ3n) is 3.69. The molecule has 0 aliphatic heterocycles. The molecule has 0 heterocycles. The molecular formula is C20H17N3O5. The zero-order valence-corrected chi connectivity index (χ0v) is 14.9. The molecule has 0 radical (unpaired) electrons. The molecule has 142 valence electrons. The first-order valence-corrected chi connectivity index (χ1v) is 8.33. The van der Waals surface area contributed by atoms with Crippen molar-refractivity contribution in [2.75, 3.05) is 18.1 Å². The van der Waals surface area contributed by atoms with Crippen LogP contribution in [0.4, 0.5) is 11.4 Å². The Bertz CT molecular complexity index is 919. The number of para-hydroxylation sites is 2. The Kier molecular flexibility index (Phi) is 7.43. The van der Waals surface area contributed by atoms with Gasteiger partial charge in [-0.3, -0.25) is 14.9 Å². The van der Waals surface area contributed by atoms with Gasteiger partial charge in [-0.05, 0) is 24.3 Å². The van der Waals surface area contributed by atoms with Gasteiger partial charge in [-0.15, -0.1) is 0 Å². The van der Waals surface area contributed by atoms with Crippen LogP contribution < -0.4 is 4.90 Å². The van der Waals surface area contributed by atoms with Crippen LogP contribution in [-0.4, -0.2) is 30.0 Å². The van der Waals surface area contributed by atoms with Crippen LogP contribution in [0.2, 0.25) is 0 Å². The molecule has 2 aromatic rings. The van der Waals surface area contributed by atoms with Crippen molar-refractivity contribution in [2.24, 2.45) is 0 Å². The SMILES string of the molecule is N#CCCN(C(=O)COC(=O)/C=C/c1ccccc1[N+](=O)[O-])c1ccccc1. The number of nitriles is 1. The van der Waals surface area contributed by atoms with Gasteiger partial charge in [0.1, 0.15) is 0 Å². The van der Waals surface area contributed by atoms with E-state index in [4.69, 9.17) is 10.00 Å². The van der Waals surface area contributed by atoms with Gasteiger partial charge in [0.25, 0.3) is 11.6 Å². The van der Waals surface area contributed by atoms with Crippen LogP contribution in [0, 0.1) is 21.4 Å². The zero-order chi connectivity index (χ0) is 20.4. The number of ether oxygens (including phenoxy) is 1. The normalized spacial score (nSPS) is 10.2. The van der Waals surface area contributed by atoms with Crippen molar-refractivity contribution in [3.63, 3.8) is 0 Å². The summed E-state index contributed by atoms with van der Waals surface area (Å²) in [7, 11) is 0. The molecule has 0 unspecified atom stereocenters. The lowest BCUT2D eigenvalue weighted by Gasteiger charge is -2.21. The number of carbonyl (C=O) groups is 2. The highest BCUT2D eigenvalue weighted by atomic mass is 16.6. The summed E-state index contributed by atoms with van der Waals surface area (Å²) in [6.07, 6.45) is 2.42. The number of nitrogens with zero attached hydrogens (tertiary/aromatic N) is 3. The summed E-state index contributed by atoms with van der Waals surface area (Å²) in [5, 5.41) is 19.7. The van der Waals surface area contributed by atoms with E-state index in [-0.39, 0.29) is 24.2 Å². The summed E-state index contributed by atoms with van der Waals surface area (Å²) in [4.78, 5) is 36.0. The highest BCUT2D eigenvalue weighted by Crippen LogP contribution is 2.19. The van der Waals surface area contributed by atoms with Crippen LogP contribution in [-0.2, 0) is 14.3 Å². The Labute approximate surface area is 161 Å². The third kappa shape index (κ3) is 5.78. The molecule has 0 aliphatic rings. The first-order chi connectivity index (χ1) is 13.5. The molecule has 0 bridgehead atoms. The van der Waals surface area contributed by atoms with E-state index in [1.165, 1.54) is 29.2 Å². The predicted octanol–water partition coefficient (Wildman–Crippen LogP) is 3.10. The van der Waals surface area contributed by atoms with Gasteiger partial charge in [0, 0.05) is 24.4 Å². The molecule has 2 rings (SSSR count). The van der Waals surface area contributed by atoms with E-state index >= 15 is 0 Å². The summed E-state index contributed by atoms with van der Waals surface area (Å²) in [6.45, 7) is -0.344. The highest BCUT2D eigenvalue weighted by Gasteiger charge is 2.17. The molecule has 0 N–H and O–H groups in total.